The third-order valence-electron chi connectivity index (χ3n) is 5.19. The number of hydrogen-bond acceptors (Lipinski definition) is 5. The summed E-state index contributed by atoms with van der Waals surface area (Å²) >= 11 is 0. The summed E-state index contributed by atoms with van der Waals surface area (Å²) in [6.07, 6.45) is 0. The molecule has 0 saturated carbocycles. The average molecular weight is 482 g/mol. The van der Waals surface area contributed by atoms with Gasteiger partial charge >= 0.3 is 0 Å². The van der Waals surface area contributed by atoms with Crippen molar-refractivity contribution >= 4 is 33.2 Å². The maximum atomic E-state index is 13.0. The number of anilines is 2. The Morgan fingerprint density at radius 2 is 1.56 bits per heavy atom. The molecule has 3 aromatic carbocycles. The molecule has 0 saturated heterocycles. The number of nitrogens with zero attached hydrogens (tertiary/aromatic N) is 1. The van der Waals surface area contributed by atoms with Crippen LogP contribution in [0.5, 0.6) is 5.75 Å². The third kappa shape index (κ3) is 5.62. The number of nitrogens with one attached hydrogen (secondary N) is 2. The summed E-state index contributed by atoms with van der Waals surface area (Å²) in [5.41, 5.74) is 1.26. The summed E-state index contributed by atoms with van der Waals surface area (Å²) in [6, 6.07) is 19.3. The molecule has 0 radical (unpaired) electrons. The van der Waals surface area contributed by atoms with Crippen molar-refractivity contribution in [2.45, 2.75) is 18.7 Å². The molecule has 2 N–H and O–H groups in total. The number of methoxy groups -OCH3 is 1. The van der Waals surface area contributed by atoms with E-state index in [4.69, 9.17) is 4.74 Å². The van der Waals surface area contributed by atoms with E-state index < -0.39 is 21.8 Å². The summed E-state index contributed by atoms with van der Waals surface area (Å²) in [5.74, 6) is -0.348. The molecular weight excluding hydrogens is 454 g/mol. The zero-order chi connectivity index (χ0) is 24.7. The fourth-order valence-corrected chi connectivity index (χ4v) is 4.90. The molecule has 0 unspecified atom stereocenters. The molecule has 0 aromatic heterocycles. The van der Waals surface area contributed by atoms with E-state index in [9.17, 15) is 18.0 Å². The zero-order valence-electron chi connectivity index (χ0n) is 19.2. The summed E-state index contributed by atoms with van der Waals surface area (Å²) in [7, 11) is -2.18. The first-order chi connectivity index (χ1) is 16.3. The Morgan fingerprint density at radius 1 is 0.853 bits per heavy atom. The molecule has 34 heavy (non-hydrogen) atoms. The van der Waals surface area contributed by atoms with E-state index >= 15 is 0 Å². The standard InChI is InChI=1S/C25H27N3O5S/c1-4-28(5-2)34(31,32)21-13-8-10-18(16-21)24(29)27-23-15-7-6-14-22(23)25(30)26-19-11-9-12-20(17-19)33-3/h6-17H,4-5H2,1-3H3,(H,26,30)(H,27,29). The van der Waals surface area contributed by atoms with E-state index in [1.165, 1.54) is 35.7 Å². The smallest absolute Gasteiger partial charge is 0.257 e. The van der Waals surface area contributed by atoms with E-state index in [1.54, 1.807) is 62.4 Å². The van der Waals surface area contributed by atoms with E-state index in [1.807, 2.05) is 0 Å². The molecule has 3 aromatic rings. The molecule has 0 aliphatic rings. The first-order valence-corrected chi connectivity index (χ1v) is 12.2. The van der Waals surface area contributed by atoms with Gasteiger partial charge in [0.1, 0.15) is 5.75 Å². The van der Waals surface area contributed by atoms with Crippen LogP contribution in [-0.2, 0) is 10.0 Å². The Kier molecular flexibility index (Phi) is 8.04. The van der Waals surface area contributed by atoms with Gasteiger partial charge in [-0.15, -0.1) is 0 Å². The van der Waals surface area contributed by atoms with Crippen LogP contribution in [0.3, 0.4) is 0 Å². The van der Waals surface area contributed by atoms with Crippen molar-refractivity contribution in [3.8, 4) is 5.75 Å². The predicted octanol–water partition coefficient (Wildman–Crippen LogP) is 4.23. The number of carbonyl (C=O) groups is 2. The molecular formula is C25H27N3O5S. The normalized spacial score (nSPS) is 11.2. The van der Waals surface area contributed by atoms with E-state index in [-0.39, 0.29) is 16.0 Å². The summed E-state index contributed by atoms with van der Waals surface area (Å²) in [6.45, 7) is 4.16. The molecule has 0 atom stereocenters. The van der Waals surface area contributed by atoms with Crippen LogP contribution in [0.25, 0.3) is 0 Å². The minimum atomic E-state index is -3.71. The maximum absolute atomic E-state index is 13.0. The number of sulfonamides is 1. The van der Waals surface area contributed by atoms with Crippen molar-refractivity contribution in [2.24, 2.45) is 0 Å². The van der Waals surface area contributed by atoms with Crippen LogP contribution in [0, 0.1) is 0 Å². The van der Waals surface area contributed by atoms with Gasteiger partial charge in [0.25, 0.3) is 11.8 Å². The molecule has 0 aliphatic carbocycles. The van der Waals surface area contributed by atoms with Gasteiger partial charge in [-0.25, -0.2) is 8.42 Å². The Hall–Kier alpha value is -3.69. The summed E-state index contributed by atoms with van der Waals surface area (Å²) < 4.78 is 32.1. The fraction of sp³-hybridized carbons (Fsp3) is 0.200. The second-order valence-corrected chi connectivity index (χ2v) is 9.24. The lowest BCUT2D eigenvalue weighted by Crippen LogP contribution is -2.30. The number of amides is 2. The molecule has 0 spiro atoms. The highest BCUT2D eigenvalue weighted by atomic mass is 32.2. The third-order valence-corrected chi connectivity index (χ3v) is 7.23. The molecule has 0 bridgehead atoms. The van der Waals surface area contributed by atoms with Gasteiger partial charge in [0.2, 0.25) is 10.0 Å². The summed E-state index contributed by atoms with van der Waals surface area (Å²) in [5, 5.41) is 5.50. The average Bonchev–Trinajstić information content (AvgIpc) is 2.85. The lowest BCUT2D eigenvalue weighted by atomic mass is 10.1. The summed E-state index contributed by atoms with van der Waals surface area (Å²) in [4.78, 5) is 25.9. The zero-order valence-corrected chi connectivity index (χ0v) is 20.1. The van der Waals surface area contributed by atoms with E-state index in [0.717, 1.165) is 0 Å². The van der Waals surface area contributed by atoms with Crippen molar-refractivity contribution in [2.75, 3.05) is 30.8 Å². The number of carbonyl (C=O) groups excluding carboxylic acids is 2. The number of ether oxygens (including phenoxy) is 1. The fourth-order valence-electron chi connectivity index (χ4n) is 3.39. The number of hydrogen-bond donors (Lipinski definition) is 2. The monoisotopic (exact) mass is 481 g/mol. The topological polar surface area (TPSA) is 105 Å². The van der Waals surface area contributed by atoms with E-state index in [0.29, 0.717) is 30.2 Å². The van der Waals surface area contributed by atoms with Crippen molar-refractivity contribution in [1.82, 2.24) is 4.31 Å². The van der Waals surface area contributed by atoms with Gasteiger partial charge in [0.05, 0.1) is 23.3 Å². The van der Waals surface area contributed by atoms with Gasteiger partial charge in [-0.3, -0.25) is 9.59 Å². The molecule has 9 heteroatoms. The van der Waals surface area contributed by atoms with Crippen LogP contribution >= 0.6 is 0 Å². The van der Waals surface area contributed by atoms with Crippen LogP contribution in [0.1, 0.15) is 34.6 Å². The van der Waals surface area contributed by atoms with Crippen molar-refractivity contribution in [1.29, 1.82) is 0 Å². The van der Waals surface area contributed by atoms with Crippen LogP contribution in [0.4, 0.5) is 11.4 Å². The molecule has 2 amide bonds. The number of para-hydroxylation sites is 1. The molecule has 0 heterocycles. The first kappa shape index (κ1) is 24.9. The molecule has 3 rings (SSSR count). The largest absolute Gasteiger partial charge is 0.497 e. The quantitative estimate of drug-likeness (QED) is 0.476. The molecule has 0 aliphatic heterocycles. The Morgan fingerprint density at radius 3 is 2.26 bits per heavy atom. The van der Waals surface area contributed by atoms with E-state index in [2.05, 4.69) is 10.6 Å². The van der Waals surface area contributed by atoms with Crippen LogP contribution in [0.15, 0.2) is 77.7 Å². The van der Waals surface area contributed by atoms with Crippen LogP contribution in [0.2, 0.25) is 0 Å². The van der Waals surface area contributed by atoms with Gasteiger partial charge in [-0.2, -0.15) is 4.31 Å². The molecule has 0 fully saturated rings. The van der Waals surface area contributed by atoms with Gasteiger partial charge < -0.3 is 15.4 Å². The maximum Gasteiger partial charge on any atom is 0.257 e. The number of benzene rings is 3. The SMILES string of the molecule is CCN(CC)S(=O)(=O)c1cccc(C(=O)Nc2ccccc2C(=O)Nc2cccc(OC)c2)c1. The van der Waals surface area contributed by atoms with Crippen LogP contribution < -0.4 is 15.4 Å². The highest BCUT2D eigenvalue weighted by Crippen LogP contribution is 2.22. The van der Waals surface area contributed by atoms with Gasteiger partial charge in [0.15, 0.2) is 0 Å². The minimum Gasteiger partial charge on any atom is -0.497 e. The second-order valence-electron chi connectivity index (χ2n) is 7.30. The van der Waals surface area contributed by atoms with Crippen molar-refractivity contribution in [3.05, 3.63) is 83.9 Å². The highest BCUT2D eigenvalue weighted by Gasteiger charge is 2.23. The molecule has 178 valence electrons. The second kappa shape index (κ2) is 11.0. The lowest BCUT2D eigenvalue weighted by molar-refractivity contribution is 0.102. The highest BCUT2D eigenvalue weighted by molar-refractivity contribution is 7.89. The Bertz CT molecular complexity index is 1290. The van der Waals surface area contributed by atoms with Gasteiger partial charge in [-0.1, -0.05) is 38.1 Å². The van der Waals surface area contributed by atoms with Gasteiger partial charge in [0, 0.05) is 30.4 Å². The van der Waals surface area contributed by atoms with Crippen molar-refractivity contribution < 1.29 is 22.7 Å². The molecule has 8 nitrogen and oxygen atoms in total. The van der Waals surface area contributed by atoms with Crippen molar-refractivity contribution in [3.63, 3.8) is 0 Å². The first-order valence-electron chi connectivity index (χ1n) is 10.8. The Balaban J connectivity index is 1.83. The lowest BCUT2D eigenvalue weighted by Gasteiger charge is -2.18. The Labute approximate surface area is 199 Å². The van der Waals surface area contributed by atoms with Gasteiger partial charge in [-0.05, 0) is 42.5 Å². The number of rotatable bonds is 9. The predicted molar refractivity (Wildman–Crippen MR) is 132 cm³/mol. The van der Waals surface area contributed by atoms with Crippen LogP contribution in [-0.4, -0.2) is 44.7 Å². The minimum absolute atomic E-state index is 0.0351.